The van der Waals surface area contributed by atoms with Gasteiger partial charge in [-0.05, 0) is 6.42 Å². The summed E-state index contributed by atoms with van der Waals surface area (Å²) in [7, 11) is -16.6. The fourth-order valence-electron chi connectivity index (χ4n) is 2.65. The fourth-order valence-corrected chi connectivity index (χ4v) is 5.68. The number of aromatic nitrogens is 4. The number of imidazole rings is 1. The van der Waals surface area contributed by atoms with E-state index >= 15 is 0 Å². The molecular weight excluding hydrogens is 498 g/mol. The molecule has 1 saturated heterocycles. The van der Waals surface area contributed by atoms with Gasteiger partial charge in [0.1, 0.15) is 6.23 Å². The SMILES string of the molecule is Nc1nc2c(ncn2[C@H]2C[C@H]([O-])[C@@H](COP(=O)(O)OP(=O)(O)OP(=O)(O)O)O2)c(=O)[nH]1.[Li+]. The van der Waals surface area contributed by atoms with Crippen molar-refractivity contribution in [2.45, 2.75) is 24.9 Å². The molecule has 0 radical (unpaired) electrons. The molecule has 0 amide bonds. The zero-order valence-corrected chi connectivity index (χ0v) is 18.6. The van der Waals surface area contributed by atoms with Gasteiger partial charge in [0.15, 0.2) is 11.2 Å². The van der Waals surface area contributed by atoms with Gasteiger partial charge >= 0.3 is 42.3 Å². The number of phosphoric acid groups is 3. The average molecular weight is 513 g/mol. The molecule has 7 N–H and O–H groups in total. The van der Waals surface area contributed by atoms with Gasteiger partial charge in [-0.2, -0.15) is 13.6 Å². The molecular formula is C10H15LiN5O13P3. The molecule has 2 aromatic heterocycles. The van der Waals surface area contributed by atoms with Crippen molar-refractivity contribution in [3.8, 4) is 0 Å². The predicted octanol–water partition coefficient (Wildman–Crippen LogP) is -4.93. The van der Waals surface area contributed by atoms with E-state index in [1.54, 1.807) is 0 Å². The Morgan fingerprint density at radius 2 is 1.91 bits per heavy atom. The first kappa shape index (κ1) is 27.3. The van der Waals surface area contributed by atoms with Crippen LogP contribution in [0.5, 0.6) is 0 Å². The van der Waals surface area contributed by atoms with Crippen LogP contribution in [0.4, 0.5) is 5.95 Å². The molecule has 18 nitrogen and oxygen atoms in total. The summed E-state index contributed by atoms with van der Waals surface area (Å²) in [5.74, 6) is -0.208. The van der Waals surface area contributed by atoms with Crippen molar-refractivity contribution in [2.24, 2.45) is 0 Å². The van der Waals surface area contributed by atoms with Gasteiger partial charge in [-0.3, -0.25) is 18.9 Å². The third-order valence-electron chi connectivity index (χ3n) is 3.76. The van der Waals surface area contributed by atoms with E-state index in [-0.39, 0.29) is 42.4 Å². The average Bonchev–Trinajstić information content (AvgIpc) is 3.13. The number of nitrogen functional groups attached to an aromatic ring is 1. The third kappa shape index (κ3) is 6.80. The van der Waals surface area contributed by atoms with Crippen LogP contribution >= 0.6 is 23.5 Å². The standard InChI is InChI=1S/C10H15N5O13P3.Li/c11-10-13-8-7(9(17)14-10)12-3-15(8)6-1-4(16)5(26-6)2-25-30(21,22)28-31(23,24)27-29(18,19)20;/h3-6H,1-2H2,(H,21,22)(H,23,24)(H2,18,19,20)(H3,11,13,14,17);/q-1;+1/t4-,5+,6+;/m0./s1. The Hall–Kier alpha value is -0.923. The van der Waals surface area contributed by atoms with Crippen LogP contribution in [0, 0.1) is 0 Å². The molecule has 22 heteroatoms. The van der Waals surface area contributed by atoms with Crippen molar-refractivity contribution >= 4 is 40.6 Å². The van der Waals surface area contributed by atoms with Gasteiger partial charge in [-0.25, -0.2) is 18.7 Å². The molecule has 2 unspecified atom stereocenters. The number of fused-ring (bicyclic) bond motifs is 1. The molecule has 1 aliphatic heterocycles. The van der Waals surface area contributed by atoms with E-state index in [4.69, 9.17) is 25.2 Å². The van der Waals surface area contributed by atoms with Crippen LogP contribution in [-0.4, -0.2) is 57.9 Å². The number of phosphoric ester groups is 1. The minimum atomic E-state index is -5.69. The zero-order valence-electron chi connectivity index (χ0n) is 15.9. The van der Waals surface area contributed by atoms with Crippen molar-refractivity contribution in [2.75, 3.05) is 12.3 Å². The largest absolute Gasteiger partial charge is 1.00 e. The third-order valence-corrected chi connectivity index (χ3v) is 7.56. The Kier molecular flexibility index (Phi) is 8.32. The van der Waals surface area contributed by atoms with E-state index in [0.29, 0.717) is 0 Å². The molecule has 0 aromatic carbocycles. The second-order valence-electron chi connectivity index (χ2n) is 6.07. The van der Waals surface area contributed by atoms with Crippen LogP contribution in [0.15, 0.2) is 11.1 Å². The van der Waals surface area contributed by atoms with E-state index in [0.717, 1.165) is 0 Å². The minimum absolute atomic E-state index is 0. The molecule has 1 fully saturated rings. The van der Waals surface area contributed by atoms with Crippen LogP contribution in [0.3, 0.4) is 0 Å². The van der Waals surface area contributed by atoms with Crippen LogP contribution in [0.1, 0.15) is 12.6 Å². The summed E-state index contributed by atoms with van der Waals surface area (Å²) < 4.78 is 51.9. The summed E-state index contributed by atoms with van der Waals surface area (Å²) in [6, 6.07) is 0. The van der Waals surface area contributed by atoms with E-state index in [9.17, 15) is 28.5 Å². The summed E-state index contributed by atoms with van der Waals surface area (Å²) in [5, 5.41) is 12.2. The smallest absolute Gasteiger partial charge is 0.850 e. The Morgan fingerprint density at radius 1 is 1.25 bits per heavy atom. The molecule has 0 saturated carbocycles. The zero-order chi connectivity index (χ0) is 23.2. The Labute approximate surface area is 189 Å². The first-order chi connectivity index (χ1) is 14.2. The number of rotatable bonds is 8. The molecule has 2 aromatic rings. The summed E-state index contributed by atoms with van der Waals surface area (Å²) in [5.41, 5.74) is 4.81. The molecule has 174 valence electrons. The van der Waals surface area contributed by atoms with Gasteiger partial charge in [-0.1, -0.05) is 6.10 Å². The molecule has 32 heavy (non-hydrogen) atoms. The van der Waals surface area contributed by atoms with Gasteiger partial charge in [0.2, 0.25) is 5.95 Å². The molecule has 3 heterocycles. The van der Waals surface area contributed by atoms with Crippen LogP contribution < -0.4 is 35.3 Å². The number of aromatic amines is 1. The second kappa shape index (κ2) is 9.75. The Balaban J connectivity index is 0.00000363. The Bertz CT molecular complexity index is 1180. The van der Waals surface area contributed by atoms with E-state index < -0.39 is 54.1 Å². The number of H-pyrrole nitrogens is 1. The first-order valence-corrected chi connectivity index (χ1v) is 12.5. The maximum absolute atomic E-state index is 12.2. The fraction of sp³-hybridized carbons (Fsp3) is 0.500. The molecule has 5 atom stereocenters. The molecule has 3 rings (SSSR count). The minimum Gasteiger partial charge on any atom is -0.850 e. The van der Waals surface area contributed by atoms with Crippen molar-refractivity contribution in [3.63, 3.8) is 0 Å². The van der Waals surface area contributed by atoms with Crippen molar-refractivity contribution < 1.29 is 75.1 Å². The molecule has 0 bridgehead atoms. The number of nitrogens with two attached hydrogens (primary N) is 1. The predicted molar refractivity (Wildman–Crippen MR) is 94.7 cm³/mol. The van der Waals surface area contributed by atoms with Gasteiger partial charge in [0, 0.05) is 0 Å². The summed E-state index contributed by atoms with van der Waals surface area (Å²) in [6.45, 7) is -0.906. The van der Waals surface area contributed by atoms with Crippen molar-refractivity contribution in [1.82, 2.24) is 19.5 Å². The molecule has 0 spiro atoms. The van der Waals surface area contributed by atoms with Gasteiger partial charge in [0.05, 0.1) is 19.0 Å². The number of nitrogens with one attached hydrogen (secondary N) is 1. The van der Waals surface area contributed by atoms with Gasteiger partial charge in [-0.15, -0.1) is 0 Å². The monoisotopic (exact) mass is 513 g/mol. The summed E-state index contributed by atoms with van der Waals surface area (Å²) >= 11 is 0. The van der Waals surface area contributed by atoms with E-state index in [2.05, 4.69) is 28.1 Å². The maximum Gasteiger partial charge on any atom is 1.00 e. The first-order valence-electron chi connectivity index (χ1n) is 7.98. The normalized spacial score (nSPS) is 25.2. The number of nitrogens with zero attached hydrogens (tertiary/aromatic N) is 3. The molecule has 1 aliphatic rings. The van der Waals surface area contributed by atoms with Crippen molar-refractivity contribution in [1.29, 1.82) is 0 Å². The van der Waals surface area contributed by atoms with Gasteiger partial charge in [0.25, 0.3) is 5.56 Å². The quantitative estimate of drug-likeness (QED) is 0.142. The van der Waals surface area contributed by atoms with Gasteiger partial charge < -0.3 is 35.2 Å². The number of hydrogen-bond donors (Lipinski definition) is 6. The number of anilines is 1. The van der Waals surface area contributed by atoms with Crippen LogP contribution in [-0.2, 0) is 31.6 Å². The number of hydrogen-bond acceptors (Lipinski definition) is 12. The topological polar surface area (TPSA) is 282 Å². The summed E-state index contributed by atoms with van der Waals surface area (Å²) in [4.78, 5) is 57.3. The van der Waals surface area contributed by atoms with Crippen molar-refractivity contribution in [3.05, 3.63) is 16.7 Å². The van der Waals surface area contributed by atoms with E-state index in [1.165, 1.54) is 10.9 Å². The number of ether oxygens (including phenoxy) is 1. The molecule has 0 aliphatic carbocycles. The van der Waals surface area contributed by atoms with Crippen LogP contribution in [0.25, 0.3) is 11.2 Å². The summed E-state index contributed by atoms with van der Waals surface area (Å²) in [6.07, 6.45) is -2.92. The van der Waals surface area contributed by atoms with Crippen LogP contribution in [0.2, 0.25) is 0 Å². The van der Waals surface area contributed by atoms with E-state index in [1.807, 2.05) is 0 Å². The maximum atomic E-state index is 12.2. The Morgan fingerprint density at radius 3 is 2.53 bits per heavy atom. The second-order valence-corrected chi connectivity index (χ2v) is 10.5.